The molecular weight excluding hydrogens is 310 g/mol. The fourth-order valence-corrected chi connectivity index (χ4v) is 5.33. The zero-order chi connectivity index (χ0) is 17.3. The van der Waals surface area contributed by atoms with E-state index in [9.17, 15) is 4.79 Å². The van der Waals surface area contributed by atoms with E-state index in [1.54, 1.807) is 0 Å². The number of hydrogen-bond acceptors (Lipinski definition) is 2. The number of carbonyl (C=O) groups is 1. The Balaban J connectivity index is 1.52. The van der Waals surface area contributed by atoms with Crippen molar-refractivity contribution in [1.29, 1.82) is 0 Å². The molecule has 1 spiro atoms. The van der Waals surface area contributed by atoms with E-state index in [1.165, 1.54) is 44.1 Å². The molecule has 1 N–H and O–H groups in total. The van der Waals surface area contributed by atoms with Crippen LogP contribution >= 0.6 is 0 Å². The molecule has 1 aromatic carbocycles. The summed E-state index contributed by atoms with van der Waals surface area (Å²) in [6.45, 7) is 2.73. The van der Waals surface area contributed by atoms with Gasteiger partial charge in [-0.15, -0.1) is 0 Å². The van der Waals surface area contributed by atoms with E-state index in [1.807, 2.05) is 7.05 Å². The summed E-state index contributed by atoms with van der Waals surface area (Å²) in [5.74, 6) is 0. The van der Waals surface area contributed by atoms with Gasteiger partial charge in [-0.25, -0.2) is 4.79 Å². The lowest BCUT2D eigenvalue weighted by Gasteiger charge is -2.42. The first-order chi connectivity index (χ1) is 12.2. The van der Waals surface area contributed by atoms with Crippen molar-refractivity contribution in [2.75, 3.05) is 26.7 Å². The molecule has 136 valence electrons. The van der Waals surface area contributed by atoms with Crippen LogP contribution in [0.4, 0.5) is 4.79 Å². The molecule has 3 aliphatic rings. The van der Waals surface area contributed by atoms with Gasteiger partial charge in [0.05, 0.1) is 6.04 Å². The van der Waals surface area contributed by atoms with Crippen LogP contribution in [0.25, 0.3) is 0 Å². The summed E-state index contributed by atoms with van der Waals surface area (Å²) in [6, 6.07) is 11.4. The Bertz CT molecular complexity index is 596. The fourth-order valence-electron chi connectivity index (χ4n) is 5.33. The van der Waals surface area contributed by atoms with Crippen molar-refractivity contribution in [3.05, 3.63) is 35.9 Å². The van der Waals surface area contributed by atoms with Gasteiger partial charge in [0.1, 0.15) is 0 Å². The first-order valence-electron chi connectivity index (χ1n) is 9.99. The molecule has 0 unspecified atom stereocenters. The van der Waals surface area contributed by atoms with Crippen LogP contribution in [0.1, 0.15) is 56.6 Å². The van der Waals surface area contributed by atoms with E-state index in [0.717, 1.165) is 26.1 Å². The SMILES string of the molecule is CN[C@H]1C[C@@H](c2ccccc2)N(C(=O)N2CCCC3(CCCC3)C2)C1. The third-order valence-electron chi connectivity index (χ3n) is 6.74. The van der Waals surface area contributed by atoms with Gasteiger partial charge >= 0.3 is 6.03 Å². The second kappa shape index (κ2) is 6.99. The number of rotatable bonds is 2. The molecule has 2 heterocycles. The van der Waals surface area contributed by atoms with Crippen LogP contribution in [0.15, 0.2) is 30.3 Å². The molecule has 4 rings (SSSR count). The summed E-state index contributed by atoms with van der Waals surface area (Å²) in [6.07, 6.45) is 8.82. The highest BCUT2D eigenvalue weighted by atomic mass is 16.2. The minimum atomic E-state index is 0.201. The lowest BCUT2D eigenvalue weighted by atomic mass is 9.78. The lowest BCUT2D eigenvalue weighted by molar-refractivity contribution is 0.0846. The van der Waals surface area contributed by atoms with Gasteiger partial charge < -0.3 is 15.1 Å². The maximum absolute atomic E-state index is 13.4. The highest BCUT2D eigenvalue weighted by Gasteiger charge is 2.43. The molecule has 2 amide bonds. The zero-order valence-electron chi connectivity index (χ0n) is 15.4. The standard InChI is InChI=1S/C21H31N3O/c1-22-18-14-19(17-8-3-2-4-9-17)24(15-18)20(25)23-13-7-12-21(16-23)10-5-6-11-21/h2-4,8-9,18-19,22H,5-7,10-16H2,1H3/t18-,19-/m0/s1. The van der Waals surface area contributed by atoms with Crippen LogP contribution in [0.2, 0.25) is 0 Å². The maximum Gasteiger partial charge on any atom is 0.320 e. The Morgan fingerprint density at radius 3 is 2.56 bits per heavy atom. The number of nitrogens with zero attached hydrogens (tertiary/aromatic N) is 2. The second-order valence-corrected chi connectivity index (χ2v) is 8.31. The number of piperidine rings is 1. The first-order valence-corrected chi connectivity index (χ1v) is 9.99. The van der Waals surface area contributed by atoms with E-state index in [0.29, 0.717) is 11.5 Å². The van der Waals surface area contributed by atoms with Gasteiger partial charge in [-0.1, -0.05) is 43.2 Å². The maximum atomic E-state index is 13.4. The summed E-state index contributed by atoms with van der Waals surface area (Å²) < 4.78 is 0. The van der Waals surface area contributed by atoms with Crippen molar-refractivity contribution in [2.24, 2.45) is 5.41 Å². The fraction of sp³-hybridized carbons (Fsp3) is 0.667. The van der Waals surface area contributed by atoms with Gasteiger partial charge in [0.25, 0.3) is 0 Å². The topological polar surface area (TPSA) is 35.6 Å². The van der Waals surface area contributed by atoms with Crippen molar-refractivity contribution in [3.63, 3.8) is 0 Å². The van der Waals surface area contributed by atoms with E-state index >= 15 is 0 Å². The Hall–Kier alpha value is -1.55. The summed E-state index contributed by atoms with van der Waals surface area (Å²) in [4.78, 5) is 17.7. The third kappa shape index (κ3) is 3.29. The predicted molar refractivity (Wildman–Crippen MR) is 100 cm³/mol. The molecule has 2 saturated heterocycles. The number of benzene rings is 1. The Labute approximate surface area is 151 Å². The molecule has 1 saturated carbocycles. The molecule has 1 aromatic rings. The third-order valence-corrected chi connectivity index (χ3v) is 6.74. The van der Waals surface area contributed by atoms with Gasteiger partial charge in [0.2, 0.25) is 0 Å². The predicted octanol–water partition coefficient (Wildman–Crippen LogP) is 3.80. The van der Waals surface area contributed by atoms with Crippen molar-refractivity contribution in [3.8, 4) is 0 Å². The Morgan fingerprint density at radius 2 is 1.84 bits per heavy atom. The summed E-state index contributed by atoms with van der Waals surface area (Å²) in [7, 11) is 2.01. The van der Waals surface area contributed by atoms with Crippen molar-refractivity contribution < 1.29 is 4.79 Å². The molecular formula is C21H31N3O. The molecule has 4 heteroatoms. The lowest BCUT2D eigenvalue weighted by Crippen LogP contribution is -2.50. The van der Waals surface area contributed by atoms with E-state index in [-0.39, 0.29) is 12.1 Å². The molecule has 0 radical (unpaired) electrons. The minimum absolute atomic E-state index is 0.201. The smallest absolute Gasteiger partial charge is 0.320 e. The van der Waals surface area contributed by atoms with Crippen molar-refractivity contribution in [1.82, 2.24) is 15.1 Å². The highest BCUT2D eigenvalue weighted by molar-refractivity contribution is 5.75. The van der Waals surface area contributed by atoms with Crippen LogP contribution in [0, 0.1) is 5.41 Å². The molecule has 4 nitrogen and oxygen atoms in total. The summed E-state index contributed by atoms with van der Waals surface area (Å²) in [5.41, 5.74) is 1.69. The normalized spacial score (nSPS) is 28.7. The number of hydrogen-bond donors (Lipinski definition) is 1. The largest absolute Gasteiger partial charge is 0.324 e. The second-order valence-electron chi connectivity index (χ2n) is 8.31. The van der Waals surface area contributed by atoms with Crippen LogP contribution in [0.3, 0.4) is 0 Å². The number of urea groups is 1. The van der Waals surface area contributed by atoms with Gasteiger partial charge in [0.15, 0.2) is 0 Å². The van der Waals surface area contributed by atoms with Crippen LogP contribution < -0.4 is 5.32 Å². The molecule has 0 bridgehead atoms. The van der Waals surface area contributed by atoms with Gasteiger partial charge in [-0.05, 0) is 50.1 Å². The van der Waals surface area contributed by atoms with Gasteiger partial charge in [0, 0.05) is 25.7 Å². The quantitative estimate of drug-likeness (QED) is 0.888. The molecule has 25 heavy (non-hydrogen) atoms. The van der Waals surface area contributed by atoms with E-state index < -0.39 is 0 Å². The monoisotopic (exact) mass is 341 g/mol. The number of amides is 2. The zero-order valence-corrected chi connectivity index (χ0v) is 15.4. The summed E-state index contributed by atoms with van der Waals surface area (Å²) >= 11 is 0. The number of likely N-dealkylation sites (N-methyl/N-ethyl adjacent to an activating group) is 1. The van der Waals surface area contributed by atoms with E-state index in [4.69, 9.17) is 0 Å². The summed E-state index contributed by atoms with van der Waals surface area (Å²) in [5, 5.41) is 3.39. The molecule has 1 aliphatic carbocycles. The number of nitrogens with one attached hydrogen (secondary N) is 1. The number of likely N-dealkylation sites (tertiary alicyclic amines) is 2. The van der Waals surface area contributed by atoms with Crippen molar-refractivity contribution >= 4 is 6.03 Å². The van der Waals surface area contributed by atoms with Gasteiger partial charge in [-0.2, -0.15) is 0 Å². The highest BCUT2D eigenvalue weighted by Crippen LogP contribution is 2.45. The number of carbonyl (C=O) groups excluding carboxylic acids is 1. The first kappa shape index (κ1) is 16.9. The molecule has 0 aromatic heterocycles. The average molecular weight is 341 g/mol. The Kier molecular flexibility index (Phi) is 4.72. The molecule has 3 fully saturated rings. The average Bonchev–Trinajstić information content (AvgIpc) is 3.29. The molecule has 2 atom stereocenters. The van der Waals surface area contributed by atoms with E-state index in [2.05, 4.69) is 45.4 Å². The van der Waals surface area contributed by atoms with Crippen LogP contribution in [-0.4, -0.2) is 48.6 Å². The van der Waals surface area contributed by atoms with Gasteiger partial charge in [-0.3, -0.25) is 0 Å². The Morgan fingerprint density at radius 1 is 1.12 bits per heavy atom. The minimum Gasteiger partial charge on any atom is -0.324 e. The van der Waals surface area contributed by atoms with Crippen LogP contribution in [0.5, 0.6) is 0 Å². The van der Waals surface area contributed by atoms with Crippen molar-refractivity contribution in [2.45, 2.75) is 57.0 Å². The molecule has 2 aliphatic heterocycles. The van der Waals surface area contributed by atoms with Crippen LogP contribution in [-0.2, 0) is 0 Å².